The minimum absolute atomic E-state index is 0.0541. The van der Waals surface area contributed by atoms with Gasteiger partial charge in [0.2, 0.25) is 0 Å². The predicted molar refractivity (Wildman–Crippen MR) is 94.5 cm³/mol. The van der Waals surface area contributed by atoms with Crippen LogP contribution in [0.1, 0.15) is 0 Å². The zero-order chi connectivity index (χ0) is 18.0. The lowest BCUT2D eigenvalue weighted by molar-refractivity contribution is 0.486. The lowest BCUT2D eigenvalue weighted by atomic mass is 10.2. The van der Waals surface area contributed by atoms with Crippen LogP contribution in [0.4, 0.5) is 0 Å². The number of rotatable bonds is 4. The Balaban J connectivity index is 1.88. The normalized spacial score (nSPS) is 11.3. The Bertz CT molecular complexity index is 1010. The summed E-state index contributed by atoms with van der Waals surface area (Å²) in [6.07, 6.45) is 2.73. The Hall–Kier alpha value is -1.93. The van der Waals surface area contributed by atoms with Crippen LogP contribution in [-0.2, 0) is 10.1 Å². The van der Waals surface area contributed by atoms with Crippen LogP contribution >= 0.6 is 34.8 Å². The minimum Gasteiger partial charge on any atom is -0.379 e. The molecule has 3 aromatic rings. The SMILES string of the molecule is O=S(=O)(Oc1ccc(-c2ncncn2)cc1)c1cc(Cl)c(Cl)cc1Cl. The van der Waals surface area contributed by atoms with E-state index < -0.39 is 10.1 Å². The maximum absolute atomic E-state index is 12.4. The highest BCUT2D eigenvalue weighted by Crippen LogP contribution is 2.33. The summed E-state index contributed by atoms with van der Waals surface area (Å²) in [5.74, 6) is 0.553. The van der Waals surface area contributed by atoms with Crippen LogP contribution < -0.4 is 4.18 Å². The summed E-state index contributed by atoms with van der Waals surface area (Å²) in [5, 5.41) is 0.113. The molecule has 3 rings (SSSR count). The topological polar surface area (TPSA) is 82.0 Å². The molecule has 6 nitrogen and oxygen atoms in total. The summed E-state index contributed by atoms with van der Waals surface area (Å²) in [4.78, 5) is 11.5. The first-order chi connectivity index (χ1) is 11.9. The molecule has 0 bridgehead atoms. The van der Waals surface area contributed by atoms with Gasteiger partial charge in [0.15, 0.2) is 5.82 Å². The molecule has 0 spiro atoms. The van der Waals surface area contributed by atoms with E-state index in [1.807, 2.05) is 0 Å². The van der Waals surface area contributed by atoms with Crippen LogP contribution in [0.15, 0.2) is 53.9 Å². The molecule has 2 aromatic carbocycles. The van der Waals surface area contributed by atoms with E-state index in [2.05, 4.69) is 15.0 Å². The van der Waals surface area contributed by atoms with E-state index in [1.54, 1.807) is 12.1 Å². The highest BCUT2D eigenvalue weighted by molar-refractivity contribution is 7.87. The molecule has 25 heavy (non-hydrogen) atoms. The lowest BCUT2D eigenvalue weighted by Crippen LogP contribution is -2.10. The maximum atomic E-state index is 12.4. The van der Waals surface area contributed by atoms with Crippen LogP contribution in [0.2, 0.25) is 15.1 Å². The molecule has 0 N–H and O–H groups in total. The predicted octanol–water partition coefficient (Wildman–Crippen LogP) is 4.27. The Morgan fingerprint density at radius 2 is 1.44 bits per heavy atom. The summed E-state index contributed by atoms with van der Waals surface area (Å²) >= 11 is 17.6. The average molecular weight is 417 g/mol. The van der Waals surface area contributed by atoms with Gasteiger partial charge in [0.25, 0.3) is 0 Å². The van der Waals surface area contributed by atoms with E-state index in [0.717, 1.165) is 6.07 Å². The van der Waals surface area contributed by atoms with Crippen molar-refractivity contribution in [3.8, 4) is 17.1 Å². The standard InChI is InChI=1S/C15H8Cl3N3O3S/c16-11-5-13(18)14(6-12(11)17)25(22,23)24-10-3-1-9(2-4-10)15-20-7-19-8-21-15/h1-8H. The molecule has 0 aliphatic heterocycles. The van der Waals surface area contributed by atoms with E-state index in [1.165, 1.54) is 30.9 Å². The van der Waals surface area contributed by atoms with Crippen LogP contribution in [0.5, 0.6) is 5.75 Å². The molecule has 0 saturated heterocycles. The third-order valence-corrected chi connectivity index (χ3v) is 5.49. The number of hydrogen-bond donors (Lipinski definition) is 0. The molecule has 0 radical (unpaired) electrons. The zero-order valence-corrected chi connectivity index (χ0v) is 15.3. The van der Waals surface area contributed by atoms with Gasteiger partial charge in [-0.25, -0.2) is 15.0 Å². The molecule has 1 aromatic heterocycles. The van der Waals surface area contributed by atoms with Crippen molar-refractivity contribution in [1.82, 2.24) is 15.0 Å². The molecule has 0 atom stereocenters. The first kappa shape index (κ1) is 17.9. The number of benzene rings is 2. The van der Waals surface area contributed by atoms with Crippen molar-refractivity contribution in [1.29, 1.82) is 0 Å². The minimum atomic E-state index is -4.18. The van der Waals surface area contributed by atoms with Crippen molar-refractivity contribution in [2.24, 2.45) is 0 Å². The molecule has 0 amide bonds. The fraction of sp³-hybridized carbons (Fsp3) is 0. The second-order valence-corrected chi connectivity index (χ2v) is 7.46. The third-order valence-electron chi connectivity index (χ3n) is 3.06. The van der Waals surface area contributed by atoms with Gasteiger partial charge >= 0.3 is 10.1 Å². The van der Waals surface area contributed by atoms with Crippen molar-refractivity contribution in [3.63, 3.8) is 0 Å². The fourth-order valence-electron chi connectivity index (χ4n) is 1.92. The van der Waals surface area contributed by atoms with Crippen LogP contribution in [0.3, 0.4) is 0 Å². The number of hydrogen-bond acceptors (Lipinski definition) is 6. The molecule has 1 heterocycles. The Kier molecular flexibility index (Phi) is 5.10. The Labute approximate surface area is 158 Å². The highest BCUT2D eigenvalue weighted by Gasteiger charge is 2.22. The Morgan fingerprint density at radius 3 is 2.08 bits per heavy atom. The summed E-state index contributed by atoms with van der Waals surface area (Å²) in [6, 6.07) is 8.57. The maximum Gasteiger partial charge on any atom is 0.340 e. The van der Waals surface area contributed by atoms with Crippen molar-refractivity contribution in [2.45, 2.75) is 4.90 Å². The monoisotopic (exact) mass is 415 g/mol. The van der Waals surface area contributed by atoms with Gasteiger partial charge in [-0.15, -0.1) is 0 Å². The quantitative estimate of drug-likeness (QED) is 0.467. The molecule has 0 aliphatic rings. The van der Waals surface area contributed by atoms with Gasteiger partial charge in [0, 0.05) is 5.56 Å². The summed E-state index contributed by atoms with van der Waals surface area (Å²) in [6.45, 7) is 0. The first-order valence-electron chi connectivity index (χ1n) is 6.68. The summed E-state index contributed by atoms with van der Waals surface area (Å²) in [5.41, 5.74) is 0.680. The van der Waals surface area contributed by atoms with Gasteiger partial charge in [0.05, 0.1) is 15.1 Å². The van der Waals surface area contributed by atoms with E-state index in [-0.39, 0.29) is 25.7 Å². The average Bonchev–Trinajstić information content (AvgIpc) is 2.59. The van der Waals surface area contributed by atoms with Gasteiger partial charge in [0.1, 0.15) is 23.3 Å². The largest absolute Gasteiger partial charge is 0.379 e. The van der Waals surface area contributed by atoms with E-state index >= 15 is 0 Å². The first-order valence-corrected chi connectivity index (χ1v) is 9.22. The zero-order valence-electron chi connectivity index (χ0n) is 12.2. The van der Waals surface area contributed by atoms with Gasteiger partial charge in [-0.3, -0.25) is 0 Å². The molecule has 0 saturated carbocycles. The lowest BCUT2D eigenvalue weighted by Gasteiger charge is -2.10. The molecule has 0 fully saturated rings. The molecular weight excluding hydrogens is 409 g/mol. The van der Waals surface area contributed by atoms with Crippen molar-refractivity contribution < 1.29 is 12.6 Å². The molecule has 0 aliphatic carbocycles. The molecule has 128 valence electrons. The molecule has 10 heteroatoms. The highest BCUT2D eigenvalue weighted by atomic mass is 35.5. The van der Waals surface area contributed by atoms with E-state index in [0.29, 0.717) is 11.4 Å². The van der Waals surface area contributed by atoms with Gasteiger partial charge < -0.3 is 4.18 Å². The van der Waals surface area contributed by atoms with E-state index in [4.69, 9.17) is 39.0 Å². The van der Waals surface area contributed by atoms with Crippen LogP contribution in [0.25, 0.3) is 11.4 Å². The van der Waals surface area contributed by atoms with E-state index in [9.17, 15) is 8.42 Å². The second kappa shape index (κ2) is 7.13. The number of nitrogens with zero attached hydrogens (tertiary/aromatic N) is 3. The third kappa shape index (κ3) is 4.01. The van der Waals surface area contributed by atoms with Gasteiger partial charge in [-0.1, -0.05) is 34.8 Å². The van der Waals surface area contributed by atoms with Crippen LogP contribution in [0, 0.1) is 0 Å². The number of aromatic nitrogens is 3. The van der Waals surface area contributed by atoms with Gasteiger partial charge in [-0.05, 0) is 36.4 Å². The second-order valence-electron chi connectivity index (χ2n) is 4.72. The number of halogens is 3. The smallest absolute Gasteiger partial charge is 0.340 e. The van der Waals surface area contributed by atoms with Crippen molar-refractivity contribution >= 4 is 44.9 Å². The van der Waals surface area contributed by atoms with Crippen LogP contribution in [-0.4, -0.2) is 23.4 Å². The van der Waals surface area contributed by atoms with Crippen molar-refractivity contribution in [3.05, 3.63) is 64.1 Å². The fourth-order valence-corrected chi connectivity index (χ4v) is 3.82. The molecular formula is C15H8Cl3N3O3S. The Morgan fingerprint density at radius 1 is 0.840 bits per heavy atom. The molecule has 0 unspecified atom stereocenters. The summed E-state index contributed by atoms with van der Waals surface area (Å²) in [7, 11) is -4.18. The summed E-state index contributed by atoms with van der Waals surface area (Å²) < 4.78 is 29.9. The van der Waals surface area contributed by atoms with Crippen molar-refractivity contribution in [2.75, 3.05) is 0 Å². The van der Waals surface area contributed by atoms with Gasteiger partial charge in [-0.2, -0.15) is 8.42 Å².